The largest absolute Gasteiger partial charge is 0.391 e. The monoisotopic (exact) mass is 309 g/mol. The molecule has 122 valence electrons. The summed E-state index contributed by atoms with van der Waals surface area (Å²) in [5, 5.41) is 27.9. The quantitative estimate of drug-likeness (QED) is 0.422. The van der Waals surface area contributed by atoms with Crippen molar-refractivity contribution in [3.63, 3.8) is 0 Å². The SMILES string of the molecule is CCCCC(CC)COCC(O)C[S+](CCO)CCO. The first-order valence-electron chi connectivity index (χ1n) is 7.79. The van der Waals surface area contributed by atoms with E-state index in [-0.39, 0.29) is 24.1 Å². The number of hydrogen-bond donors (Lipinski definition) is 3. The fraction of sp³-hybridized carbons (Fsp3) is 1.00. The molecule has 3 N–H and O–H groups in total. The lowest BCUT2D eigenvalue weighted by molar-refractivity contribution is 0.0285. The van der Waals surface area contributed by atoms with Gasteiger partial charge in [0.1, 0.15) is 23.4 Å². The molecular weight excluding hydrogens is 276 g/mol. The van der Waals surface area contributed by atoms with Gasteiger partial charge in [0.2, 0.25) is 0 Å². The normalized spacial score (nSPS) is 14.7. The summed E-state index contributed by atoms with van der Waals surface area (Å²) in [6.45, 7) is 5.70. The van der Waals surface area contributed by atoms with Crippen molar-refractivity contribution in [1.29, 1.82) is 0 Å². The van der Waals surface area contributed by atoms with Crippen molar-refractivity contribution in [1.82, 2.24) is 0 Å². The van der Waals surface area contributed by atoms with E-state index in [2.05, 4.69) is 13.8 Å². The molecule has 20 heavy (non-hydrogen) atoms. The number of aliphatic hydroxyl groups is 3. The van der Waals surface area contributed by atoms with Crippen molar-refractivity contribution in [3.05, 3.63) is 0 Å². The molecule has 4 nitrogen and oxygen atoms in total. The van der Waals surface area contributed by atoms with Gasteiger partial charge in [0, 0.05) is 6.61 Å². The third-order valence-corrected chi connectivity index (χ3v) is 5.77. The molecule has 0 aliphatic heterocycles. The van der Waals surface area contributed by atoms with E-state index in [1.165, 1.54) is 19.3 Å². The first-order valence-corrected chi connectivity index (χ1v) is 9.52. The Morgan fingerprint density at radius 3 is 2.20 bits per heavy atom. The molecule has 0 aromatic carbocycles. The van der Waals surface area contributed by atoms with Gasteiger partial charge in [-0.05, 0) is 23.2 Å². The van der Waals surface area contributed by atoms with Gasteiger partial charge in [0.25, 0.3) is 0 Å². The molecule has 2 atom stereocenters. The van der Waals surface area contributed by atoms with E-state index < -0.39 is 6.10 Å². The third-order valence-electron chi connectivity index (χ3n) is 3.40. The average Bonchev–Trinajstić information content (AvgIpc) is 2.43. The van der Waals surface area contributed by atoms with Crippen LogP contribution in [-0.2, 0) is 15.6 Å². The topological polar surface area (TPSA) is 69.9 Å². The fourth-order valence-corrected chi connectivity index (χ4v) is 3.81. The molecule has 0 radical (unpaired) electrons. The van der Waals surface area contributed by atoms with Crippen LogP contribution in [0, 0.1) is 5.92 Å². The summed E-state index contributed by atoms with van der Waals surface area (Å²) in [4.78, 5) is 0. The van der Waals surface area contributed by atoms with Gasteiger partial charge in [0.15, 0.2) is 0 Å². The van der Waals surface area contributed by atoms with Crippen LogP contribution in [-0.4, -0.2) is 65.1 Å². The van der Waals surface area contributed by atoms with Crippen molar-refractivity contribution in [2.24, 2.45) is 5.92 Å². The maximum absolute atomic E-state index is 9.95. The highest BCUT2D eigenvalue weighted by atomic mass is 32.2. The Labute approximate surface area is 126 Å². The summed E-state index contributed by atoms with van der Waals surface area (Å²) in [6, 6.07) is 0. The summed E-state index contributed by atoms with van der Waals surface area (Å²) in [7, 11) is -0.105. The number of unbranched alkanes of at least 4 members (excludes halogenated alkanes) is 1. The van der Waals surface area contributed by atoms with Crippen molar-refractivity contribution in [2.75, 3.05) is 43.7 Å². The predicted octanol–water partition coefficient (Wildman–Crippen LogP) is 1.18. The minimum Gasteiger partial charge on any atom is -0.391 e. The van der Waals surface area contributed by atoms with Gasteiger partial charge in [-0.15, -0.1) is 0 Å². The zero-order chi connectivity index (χ0) is 15.2. The van der Waals surface area contributed by atoms with Gasteiger partial charge in [0.05, 0.1) is 19.8 Å². The van der Waals surface area contributed by atoms with Crippen LogP contribution in [0.3, 0.4) is 0 Å². The second kappa shape index (κ2) is 14.1. The van der Waals surface area contributed by atoms with Crippen LogP contribution in [0.5, 0.6) is 0 Å². The van der Waals surface area contributed by atoms with E-state index in [1.807, 2.05) is 0 Å². The molecule has 0 aromatic heterocycles. The van der Waals surface area contributed by atoms with E-state index >= 15 is 0 Å². The van der Waals surface area contributed by atoms with Gasteiger partial charge in [-0.3, -0.25) is 0 Å². The minimum absolute atomic E-state index is 0.105. The average molecular weight is 309 g/mol. The Hall–Kier alpha value is 0.190. The fourth-order valence-electron chi connectivity index (χ4n) is 2.12. The minimum atomic E-state index is -0.486. The van der Waals surface area contributed by atoms with Crippen molar-refractivity contribution < 1.29 is 20.1 Å². The molecule has 0 fully saturated rings. The van der Waals surface area contributed by atoms with Crippen molar-refractivity contribution in [3.8, 4) is 0 Å². The van der Waals surface area contributed by atoms with Gasteiger partial charge in [-0.2, -0.15) is 0 Å². The predicted molar refractivity (Wildman–Crippen MR) is 86.3 cm³/mol. The van der Waals surface area contributed by atoms with Crippen molar-refractivity contribution in [2.45, 2.75) is 45.6 Å². The van der Waals surface area contributed by atoms with Crippen LogP contribution in [0.15, 0.2) is 0 Å². The van der Waals surface area contributed by atoms with Crippen LogP contribution in [0.2, 0.25) is 0 Å². The molecule has 0 saturated carbocycles. The van der Waals surface area contributed by atoms with Crippen LogP contribution in [0.4, 0.5) is 0 Å². The van der Waals surface area contributed by atoms with E-state index in [1.54, 1.807) is 0 Å². The van der Waals surface area contributed by atoms with Crippen LogP contribution in [0.25, 0.3) is 0 Å². The highest BCUT2D eigenvalue weighted by molar-refractivity contribution is 7.96. The highest BCUT2D eigenvalue weighted by Crippen LogP contribution is 2.13. The van der Waals surface area contributed by atoms with E-state index in [0.717, 1.165) is 13.0 Å². The zero-order valence-corrected chi connectivity index (χ0v) is 13.9. The lowest BCUT2D eigenvalue weighted by atomic mass is 10.0. The lowest BCUT2D eigenvalue weighted by Crippen LogP contribution is -2.31. The molecule has 0 bridgehead atoms. The molecule has 0 saturated heterocycles. The summed E-state index contributed by atoms with van der Waals surface area (Å²) in [5.74, 6) is 2.53. The molecule has 0 amide bonds. The lowest BCUT2D eigenvalue weighted by Gasteiger charge is -2.17. The van der Waals surface area contributed by atoms with E-state index in [0.29, 0.717) is 29.8 Å². The molecule has 5 heteroatoms. The Kier molecular flexibility index (Phi) is 14.3. The van der Waals surface area contributed by atoms with Gasteiger partial charge in [-0.1, -0.05) is 33.1 Å². The molecular formula is C15H33O4S+. The molecule has 0 heterocycles. The first kappa shape index (κ1) is 20.2. The Morgan fingerprint density at radius 2 is 1.70 bits per heavy atom. The Morgan fingerprint density at radius 1 is 1.05 bits per heavy atom. The Balaban J connectivity index is 3.80. The van der Waals surface area contributed by atoms with Gasteiger partial charge in [-0.25, -0.2) is 0 Å². The maximum atomic E-state index is 9.95. The molecule has 0 rings (SSSR count). The smallest absolute Gasteiger partial charge is 0.136 e. The Bertz CT molecular complexity index is 198. The summed E-state index contributed by atoms with van der Waals surface area (Å²) >= 11 is 0. The number of aliphatic hydroxyl groups excluding tert-OH is 3. The highest BCUT2D eigenvalue weighted by Gasteiger charge is 2.22. The second-order valence-electron chi connectivity index (χ2n) is 5.24. The number of hydrogen-bond acceptors (Lipinski definition) is 4. The number of rotatable bonds is 14. The standard InChI is InChI=1S/C15H33O4S/c1-3-5-6-14(4-2)11-19-12-15(18)13-20(9-7-16)10-8-17/h14-18H,3-13H2,1-2H3/q+1. The van der Waals surface area contributed by atoms with E-state index in [9.17, 15) is 5.11 Å². The van der Waals surface area contributed by atoms with Gasteiger partial charge < -0.3 is 20.1 Å². The molecule has 0 aliphatic rings. The molecule has 0 aliphatic carbocycles. The summed E-state index contributed by atoms with van der Waals surface area (Å²) in [5.41, 5.74) is 0. The van der Waals surface area contributed by atoms with Gasteiger partial charge >= 0.3 is 0 Å². The zero-order valence-electron chi connectivity index (χ0n) is 13.1. The van der Waals surface area contributed by atoms with Crippen LogP contribution in [0.1, 0.15) is 39.5 Å². The van der Waals surface area contributed by atoms with Crippen LogP contribution < -0.4 is 0 Å². The van der Waals surface area contributed by atoms with Crippen LogP contribution >= 0.6 is 0 Å². The second-order valence-corrected chi connectivity index (χ2v) is 7.62. The maximum Gasteiger partial charge on any atom is 0.136 e. The van der Waals surface area contributed by atoms with Crippen molar-refractivity contribution >= 4 is 10.9 Å². The summed E-state index contributed by atoms with van der Waals surface area (Å²) < 4.78 is 5.63. The number of ether oxygens (including phenoxy) is 1. The molecule has 0 aromatic rings. The molecule has 0 spiro atoms. The third kappa shape index (κ3) is 10.9. The first-order chi connectivity index (χ1) is 9.67. The van der Waals surface area contributed by atoms with E-state index in [4.69, 9.17) is 14.9 Å². The summed E-state index contributed by atoms with van der Waals surface area (Å²) in [6.07, 6.45) is 4.28. The molecule has 2 unspecified atom stereocenters.